The predicted octanol–water partition coefficient (Wildman–Crippen LogP) is 1.49. The summed E-state index contributed by atoms with van der Waals surface area (Å²) in [5.41, 5.74) is 0. The lowest BCUT2D eigenvalue weighted by Crippen LogP contribution is -2.39. The van der Waals surface area contributed by atoms with E-state index in [9.17, 15) is 9.59 Å². The predicted molar refractivity (Wildman–Crippen MR) is 64.4 cm³/mol. The molecule has 1 fully saturated rings. The fourth-order valence-corrected chi connectivity index (χ4v) is 2.07. The van der Waals surface area contributed by atoms with Crippen LogP contribution in [0.25, 0.3) is 0 Å². The third-order valence-corrected chi connectivity index (χ3v) is 3.19. The number of carbonyl (C=O) groups is 2. The second-order valence-corrected chi connectivity index (χ2v) is 4.43. The van der Waals surface area contributed by atoms with E-state index in [1.807, 2.05) is 0 Å². The minimum absolute atomic E-state index is 0.119. The molecule has 6 nitrogen and oxygen atoms in total. The first-order chi connectivity index (χ1) is 8.56. The SMILES string of the molecule is CCN(CC(=O)O)C(=O)OC1CCC(OC)CC1. The van der Waals surface area contributed by atoms with E-state index in [-0.39, 0.29) is 18.8 Å². The van der Waals surface area contributed by atoms with Gasteiger partial charge in [0.1, 0.15) is 12.6 Å². The van der Waals surface area contributed by atoms with Crippen LogP contribution < -0.4 is 0 Å². The Morgan fingerprint density at radius 3 is 2.22 bits per heavy atom. The highest BCUT2D eigenvalue weighted by atomic mass is 16.6. The van der Waals surface area contributed by atoms with Gasteiger partial charge in [0.15, 0.2) is 0 Å². The van der Waals surface area contributed by atoms with E-state index in [1.165, 1.54) is 4.90 Å². The Balaban J connectivity index is 2.37. The summed E-state index contributed by atoms with van der Waals surface area (Å²) >= 11 is 0. The number of rotatable bonds is 5. The minimum atomic E-state index is -1.03. The van der Waals surface area contributed by atoms with Gasteiger partial charge < -0.3 is 14.6 Å². The zero-order chi connectivity index (χ0) is 13.5. The molecular weight excluding hydrogens is 238 g/mol. The van der Waals surface area contributed by atoms with E-state index in [4.69, 9.17) is 14.6 Å². The van der Waals surface area contributed by atoms with E-state index in [0.717, 1.165) is 25.7 Å². The van der Waals surface area contributed by atoms with Crippen LogP contribution in [0.4, 0.5) is 4.79 Å². The summed E-state index contributed by atoms with van der Waals surface area (Å²) in [6, 6.07) is 0. The first-order valence-electron chi connectivity index (χ1n) is 6.27. The molecule has 0 aromatic rings. The largest absolute Gasteiger partial charge is 0.480 e. The van der Waals surface area contributed by atoms with Crippen LogP contribution in [-0.2, 0) is 14.3 Å². The molecule has 0 heterocycles. The second-order valence-electron chi connectivity index (χ2n) is 4.43. The van der Waals surface area contributed by atoms with Crippen molar-refractivity contribution in [3.05, 3.63) is 0 Å². The molecule has 0 bridgehead atoms. The van der Waals surface area contributed by atoms with Gasteiger partial charge in [-0.15, -0.1) is 0 Å². The van der Waals surface area contributed by atoms with Crippen LogP contribution in [0.3, 0.4) is 0 Å². The molecule has 1 amide bonds. The molecule has 0 radical (unpaired) electrons. The average molecular weight is 259 g/mol. The monoisotopic (exact) mass is 259 g/mol. The van der Waals surface area contributed by atoms with Crippen molar-refractivity contribution < 1.29 is 24.2 Å². The van der Waals surface area contributed by atoms with Crippen molar-refractivity contribution in [2.75, 3.05) is 20.2 Å². The summed E-state index contributed by atoms with van der Waals surface area (Å²) in [5.74, 6) is -1.03. The quantitative estimate of drug-likeness (QED) is 0.809. The third kappa shape index (κ3) is 4.52. The molecule has 1 rings (SSSR count). The van der Waals surface area contributed by atoms with Crippen LogP contribution >= 0.6 is 0 Å². The number of carboxylic acids is 1. The van der Waals surface area contributed by atoms with Gasteiger partial charge in [-0.2, -0.15) is 0 Å². The molecule has 0 unspecified atom stereocenters. The van der Waals surface area contributed by atoms with Crippen LogP contribution in [0, 0.1) is 0 Å². The van der Waals surface area contributed by atoms with Crippen molar-refractivity contribution in [2.24, 2.45) is 0 Å². The second kappa shape index (κ2) is 7.20. The van der Waals surface area contributed by atoms with Gasteiger partial charge in [-0.3, -0.25) is 9.69 Å². The summed E-state index contributed by atoms with van der Waals surface area (Å²) < 4.78 is 10.5. The van der Waals surface area contributed by atoms with Crippen LogP contribution in [0.15, 0.2) is 0 Å². The van der Waals surface area contributed by atoms with E-state index in [0.29, 0.717) is 6.54 Å². The number of nitrogens with zero attached hydrogens (tertiary/aromatic N) is 1. The first kappa shape index (κ1) is 14.8. The number of amides is 1. The molecule has 0 spiro atoms. The van der Waals surface area contributed by atoms with E-state index in [1.54, 1.807) is 14.0 Å². The Labute approximate surface area is 107 Å². The van der Waals surface area contributed by atoms with Gasteiger partial charge in [-0.25, -0.2) is 4.79 Å². The van der Waals surface area contributed by atoms with Crippen LogP contribution in [0.1, 0.15) is 32.6 Å². The number of aliphatic carboxylic acids is 1. The molecule has 0 atom stereocenters. The standard InChI is InChI=1S/C12H21NO5/c1-3-13(8-11(14)15)12(16)18-10-6-4-9(17-2)5-7-10/h9-10H,3-8H2,1-2H3,(H,14,15). The van der Waals surface area contributed by atoms with Gasteiger partial charge >= 0.3 is 12.1 Å². The van der Waals surface area contributed by atoms with Crippen molar-refractivity contribution in [2.45, 2.75) is 44.8 Å². The lowest BCUT2D eigenvalue weighted by Gasteiger charge is -2.29. The highest BCUT2D eigenvalue weighted by molar-refractivity contribution is 5.76. The smallest absolute Gasteiger partial charge is 0.410 e. The highest BCUT2D eigenvalue weighted by Gasteiger charge is 2.26. The van der Waals surface area contributed by atoms with E-state index >= 15 is 0 Å². The number of methoxy groups -OCH3 is 1. The number of hydrogen-bond acceptors (Lipinski definition) is 4. The van der Waals surface area contributed by atoms with Crippen molar-refractivity contribution in [1.29, 1.82) is 0 Å². The summed E-state index contributed by atoms with van der Waals surface area (Å²) in [5, 5.41) is 8.67. The third-order valence-electron chi connectivity index (χ3n) is 3.19. The van der Waals surface area contributed by atoms with Crippen LogP contribution in [-0.4, -0.2) is 54.5 Å². The molecule has 1 N–H and O–H groups in total. The fourth-order valence-electron chi connectivity index (χ4n) is 2.07. The Morgan fingerprint density at radius 2 is 1.78 bits per heavy atom. The molecule has 0 aromatic carbocycles. The minimum Gasteiger partial charge on any atom is -0.480 e. The number of ether oxygens (including phenoxy) is 2. The summed E-state index contributed by atoms with van der Waals surface area (Å²) in [4.78, 5) is 23.5. The van der Waals surface area contributed by atoms with Gasteiger partial charge in [0, 0.05) is 13.7 Å². The molecule has 1 aliphatic carbocycles. The average Bonchev–Trinajstić information content (AvgIpc) is 2.36. The van der Waals surface area contributed by atoms with Gasteiger partial charge in [0.2, 0.25) is 0 Å². The van der Waals surface area contributed by atoms with Crippen LogP contribution in [0.5, 0.6) is 0 Å². The zero-order valence-corrected chi connectivity index (χ0v) is 10.9. The number of likely N-dealkylation sites (N-methyl/N-ethyl adjacent to an activating group) is 1. The molecular formula is C12H21NO5. The molecule has 104 valence electrons. The highest BCUT2D eigenvalue weighted by Crippen LogP contribution is 2.23. The van der Waals surface area contributed by atoms with Crippen molar-refractivity contribution in [1.82, 2.24) is 4.90 Å². The Hall–Kier alpha value is -1.30. The maximum absolute atomic E-state index is 11.7. The summed E-state index contributed by atoms with van der Waals surface area (Å²) in [6.07, 6.45) is 2.89. The first-order valence-corrected chi connectivity index (χ1v) is 6.27. The lowest BCUT2D eigenvalue weighted by molar-refractivity contribution is -0.138. The van der Waals surface area contributed by atoms with Crippen molar-refractivity contribution in [3.63, 3.8) is 0 Å². The van der Waals surface area contributed by atoms with Gasteiger partial charge in [-0.1, -0.05) is 0 Å². The maximum atomic E-state index is 11.7. The summed E-state index contributed by atoms with van der Waals surface area (Å²) in [6.45, 7) is 1.74. The van der Waals surface area contributed by atoms with E-state index < -0.39 is 12.1 Å². The Morgan fingerprint density at radius 1 is 1.22 bits per heavy atom. The van der Waals surface area contributed by atoms with Crippen LogP contribution in [0.2, 0.25) is 0 Å². The van der Waals surface area contributed by atoms with Gasteiger partial charge in [0.05, 0.1) is 6.10 Å². The molecule has 6 heteroatoms. The molecule has 1 aliphatic rings. The van der Waals surface area contributed by atoms with Gasteiger partial charge in [-0.05, 0) is 32.6 Å². The molecule has 1 saturated carbocycles. The lowest BCUT2D eigenvalue weighted by atomic mass is 9.95. The van der Waals surface area contributed by atoms with Crippen molar-refractivity contribution >= 4 is 12.1 Å². The fraction of sp³-hybridized carbons (Fsp3) is 0.833. The topological polar surface area (TPSA) is 76.1 Å². The van der Waals surface area contributed by atoms with Crippen molar-refractivity contribution in [3.8, 4) is 0 Å². The zero-order valence-electron chi connectivity index (χ0n) is 10.9. The Bertz CT molecular complexity index is 286. The molecule has 0 aliphatic heterocycles. The number of carboxylic acid groups (broad SMARTS) is 1. The van der Waals surface area contributed by atoms with Gasteiger partial charge in [0.25, 0.3) is 0 Å². The Kier molecular flexibility index (Phi) is 5.91. The molecule has 18 heavy (non-hydrogen) atoms. The molecule has 0 aromatic heterocycles. The summed E-state index contributed by atoms with van der Waals surface area (Å²) in [7, 11) is 1.68. The number of carbonyl (C=O) groups excluding carboxylic acids is 1. The number of hydrogen-bond donors (Lipinski definition) is 1. The van der Waals surface area contributed by atoms with E-state index in [2.05, 4.69) is 0 Å². The molecule has 0 saturated heterocycles. The normalized spacial score (nSPS) is 23.4. The maximum Gasteiger partial charge on any atom is 0.410 e.